The van der Waals surface area contributed by atoms with Gasteiger partial charge in [0.25, 0.3) is 0 Å². The molecule has 5 heteroatoms. The molecule has 1 saturated heterocycles. The van der Waals surface area contributed by atoms with Crippen LogP contribution >= 0.6 is 0 Å². The molecule has 1 fully saturated rings. The molecule has 1 aromatic carbocycles. The van der Waals surface area contributed by atoms with Crippen molar-refractivity contribution in [3.8, 4) is 0 Å². The van der Waals surface area contributed by atoms with Gasteiger partial charge in [-0.25, -0.2) is 4.79 Å². The zero-order valence-corrected chi connectivity index (χ0v) is 11.5. The van der Waals surface area contributed by atoms with E-state index in [4.69, 9.17) is 5.11 Å². The minimum atomic E-state index is -0.963. The lowest BCUT2D eigenvalue weighted by atomic mass is 10.1. The normalized spacial score (nSPS) is 16.6. The van der Waals surface area contributed by atoms with Crippen LogP contribution in [0.5, 0.6) is 0 Å². The van der Waals surface area contributed by atoms with E-state index in [2.05, 4.69) is 4.90 Å². The Labute approximate surface area is 118 Å². The molecule has 0 radical (unpaired) electrons. The molecule has 0 spiro atoms. The molecule has 2 rings (SSSR count). The van der Waals surface area contributed by atoms with E-state index in [0.717, 1.165) is 36.8 Å². The lowest BCUT2D eigenvalue weighted by Crippen LogP contribution is -2.34. The van der Waals surface area contributed by atoms with Crippen molar-refractivity contribution in [2.45, 2.75) is 6.42 Å². The number of carboxylic acids is 1. The third-order valence-corrected chi connectivity index (χ3v) is 3.35. The second kappa shape index (κ2) is 6.23. The highest BCUT2D eigenvalue weighted by Gasteiger charge is 2.18. The summed E-state index contributed by atoms with van der Waals surface area (Å²) in [6, 6.07) is 7.54. The summed E-state index contributed by atoms with van der Waals surface area (Å²) in [6.07, 6.45) is 3.61. The first-order valence-electron chi connectivity index (χ1n) is 6.56. The van der Waals surface area contributed by atoms with E-state index in [9.17, 15) is 9.59 Å². The van der Waals surface area contributed by atoms with E-state index in [0.29, 0.717) is 6.54 Å². The van der Waals surface area contributed by atoms with Crippen LogP contribution < -0.4 is 4.90 Å². The largest absolute Gasteiger partial charge is 0.478 e. The van der Waals surface area contributed by atoms with Crippen molar-refractivity contribution in [1.29, 1.82) is 0 Å². The van der Waals surface area contributed by atoms with Crippen LogP contribution in [-0.4, -0.2) is 48.6 Å². The molecule has 1 aliphatic heterocycles. The number of rotatable bonds is 3. The van der Waals surface area contributed by atoms with E-state index in [1.807, 2.05) is 31.3 Å². The van der Waals surface area contributed by atoms with Gasteiger partial charge in [0.2, 0.25) is 5.91 Å². The molecule has 1 N–H and O–H groups in total. The highest BCUT2D eigenvalue weighted by atomic mass is 16.4. The number of aliphatic carboxylic acids is 1. The van der Waals surface area contributed by atoms with E-state index < -0.39 is 5.97 Å². The predicted molar refractivity (Wildman–Crippen MR) is 77.6 cm³/mol. The maximum absolute atomic E-state index is 11.9. The summed E-state index contributed by atoms with van der Waals surface area (Å²) in [6.45, 7) is 2.02. The highest BCUT2D eigenvalue weighted by Crippen LogP contribution is 2.18. The van der Waals surface area contributed by atoms with Crippen LogP contribution in [-0.2, 0) is 9.59 Å². The molecule has 0 saturated carbocycles. The van der Waals surface area contributed by atoms with Gasteiger partial charge in [0.05, 0.1) is 6.54 Å². The van der Waals surface area contributed by atoms with Crippen molar-refractivity contribution < 1.29 is 14.7 Å². The van der Waals surface area contributed by atoms with Gasteiger partial charge in [-0.2, -0.15) is 0 Å². The molecule has 1 amide bonds. The van der Waals surface area contributed by atoms with Crippen molar-refractivity contribution in [1.82, 2.24) is 4.90 Å². The second-order valence-electron chi connectivity index (χ2n) is 4.85. The summed E-state index contributed by atoms with van der Waals surface area (Å²) in [7, 11) is 1.83. The zero-order chi connectivity index (χ0) is 14.5. The third kappa shape index (κ3) is 3.60. The smallest absolute Gasteiger partial charge is 0.328 e. The topological polar surface area (TPSA) is 60.9 Å². The Hall–Kier alpha value is -2.30. The van der Waals surface area contributed by atoms with Crippen molar-refractivity contribution in [3.05, 3.63) is 35.9 Å². The molecular weight excluding hydrogens is 256 g/mol. The number of carboxylic acid groups (broad SMARTS) is 1. The quantitative estimate of drug-likeness (QED) is 0.848. The van der Waals surface area contributed by atoms with Gasteiger partial charge >= 0.3 is 5.97 Å². The fourth-order valence-electron chi connectivity index (χ4n) is 2.17. The SMILES string of the molecule is CN1CCCN(c2ccc(/C=C/C(=O)O)cc2)CC1=O. The molecule has 0 atom stereocenters. The number of anilines is 1. The summed E-state index contributed by atoms with van der Waals surface area (Å²) < 4.78 is 0. The summed E-state index contributed by atoms with van der Waals surface area (Å²) in [5, 5.41) is 8.58. The lowest BCUT2D eigenvalue weighted by Gasteiger charge is -2.22. The number of carbonyl (C=O) groups excluding carboxylic acids is 1. The molecule has 5 nitrogen and oxygen atoms in total. The number of nitrogens with zero attached hydrogens (tertiary/aromatic N) is 2. The summed E-state index contributed by atoms with van der Waals surface area (Å²) >= 11 is 0. The van der Waals surface area contributed by atoms with Gasteiger partial charge in [0, 0.05) is 31.9 Å². The fraction of sp³-hybridized carbons (Fsp3) is 0.333. The van der Waals surface area contributed by atoms with Crippen LogP contribution in [0.25, 0.3) is 6.08 Å². The molecule has 1 aromatic rings. The number of benzene rings is 1. The molecule has 0 aliphatic carbocycles. The average Bonchev–Trinajstić information content (AvgIpc) is 2.59. The Balaban J connectivity index is 2.09. The Bertz CT molecular complexity index is 522. The Morgan fingerprint density at radius 2 is 1.95 bits per heavy atom. The predicted octanol–water partition coefficient (Wildman–Crippen LogP) is 1.45. The standard InChI is InChI=1S/C15H18N2O3/c1-16-9-2-10-17(11-14(16)18)13-6-3-12(4-7-13)5-8-15(19)20/h3-8H,2,9-11H2,1H3,(H,19,20)/b8-5+. The Kier molecular flexibility index (Phi) is 4.40. The van der Waals surface area contributed by atoms with Crippen LogP contribution in [0.4, 0.5) is 5.69 Å². The lowest BCUT2D eigenvalue weighted by molar-refractivity contribution is -0.131. The summed E-state index contributed by atoms with van der Waals surface area (Å²) in [5.41, 5.74) is 1.82. The number of hydrogen-bond donors (Lipinski definition) is 1. The van der Waals surface area contributed by atoms with E-state index in [-0.39, 0.29) is 5.91 Å². The molecular formula is C15H18N2O3. The minimum absolute atomic E-state index is 0.123. The average molecular weight is 274 g/mol. The molecule has 20 heavy (non-hydrogen) atoms. The van der Waals surface area contributed by atoms with Crippen molar-refractivity contribution in [3.63, 3.8) is 0 Å². The van der Waals surface area contributed by atoms with Gasteiger partial charge in [-0.15, -0.1) is 0 Å². The first-order chi connectivity index (χ1) is 9.56. The van der Waals surface area contributed by atoms with Crippen LogP contribution in [0.3, 0.4) is 0 Å². The molecule has 0 unspecified atom stereocenters. The molecule has 106 valence electrons. The number of amides is 1. The first kappa shape index (κ1) is 14.1. The highest BCUT2D eigenvalue weighted by molar-refractivity contribution is 5.85. The van der Waals surface area contributed by atoms with Crippen LogP contribution in [0.1, 0.15) is 12.0 Å². The third-order valence-electron chi connectivity index (χ3n) is 3.35. The Morgan fingerprint density at radius 1 is 1.25 bits per heavy atom. The zero-order valence-electron chi connectivity index (χ0n) is 11.5. The monoisotopic (exact) mass is 274 g/mol. The van der Waals surface area contributed by atoms with Crippen LogP contribution in [0, 0.1) is 0 Å². The van der Waals surface area contributed by atoms with Crippen LogP contribution in [0.2, 0.25) is 0 Å². The Morgan fingerprint density at radius 3 is 2.60 bits per heavy atom. The van der Waals surface area contributed by atoms with Gasteiger partial charge in [-0.1, -0.05) is 12.1 Å². The van der Waals surface area contributed by atoms with Gasteiger partial charge in [0.15, 0.2) is 0 Å². The van der Waals surface area contributed by atoms with E-state index in [1.54, 1.807) is 11.0 Å². The van der Waals surface area contributed by atoms with Crippen molar-refractivity contribution in [2.75, 3.05) is 31.6 Å². The fourth-order valence-corrected chi connectivity index (χ4v) is 2.17. The first-order valence-corrected chi connectivity index (χ1v) is 6.56. The van der Waals surface area contributed by atoms with Gasteiger partial charge in [-0.05, 0) is 30.2 Å². The second-order valence-corrected chi connectivity index (χ2v) is 4.85. The number of carbonyl (C=O) groups is 2. The molecule has 1 heterocycles. The van der Waals surface area contributed by atoms with E-state index in [1.165, 1.54) is 0 Å². The summed E-state index contributed by atoms with van der Waals surface area (Å²) in [5.74, 6) is -0.840. The van der Waals surface area contributed by atoms with Crippen molar-refractivity contribution in [2.24, 2.45) is 0 Å². The maximum atomic E-state index is 11.9. The van der Waals surface area contributed by atoms with Gasteiger partial charge in [-0.3, -0.25) is 4.79 Å². The van der Waals surface area contributed by atoms with Gasteiger partial charge < -0.3 is 14.9 Å². The maximum Gasteiger partial charge on any atom is 0.328 e. The minimum Gasteiger partial charge on any atom is -0.478 e. The van der Waals surface area contributed by atoms with Crippen LogP contribution in [0.15, 0.2) is 30.3 Å². The molecule has 1 aliphatic rings. The van der Waals surface area contributed by atoms with Crippen molar-refractivity contribution >= 4 is 23.6 Å². The number of hydrogen-bond acceptors (Lipinski definition) is 3. The van der Waals surface area contributed by atoms with E-state index >= 15 is 0 Å². The summed E-state index contributed by atoms with van der Waals surface area (Å²) in [4.78, 5) is 26.1. The molecule has 0 aromatic heterocycles. The van der Waals surface area contributed by atoms with Gasteiger partial charge in [0.1, 0.15) is 0 Å². The number of likely N-dealkylation sites (N-methyl/N-ethyl adjacent to an activating group) is 1. The molecule has 0 bridgehead atoms.